The number of aromatic nitrogens is 2. The maximum Gasteiger partial charge on any atom is 0.311 e. The number of rotatable bonds is 9. The molecule has 0 bridgehead atoms. The van der Waals surface area contributed by atoms with E-state index < -0.39 is 29.3 Å². The number of carbonyl (C=O) groups excluding carboxylic acids is 2. The third-order valence-corrected chi connectivity index (χ3v) is 4.69. The van der Waals surface area contributed by atoms with Crippen LogP contribution in [0.1, 0.15) is 36.6 Å². The molecule has 9 nitrogen and oxygen atoms in total. The molecule has 2 aromatic carbocycles. The Morgan fingerprint density at radius 1 is 1.09 bits per heavy atom. The molecule has 0 fully saturated rings. The van der Waals surface area contributed by atoms with Gasteiger partial charge in [-0.05, 0) is 24.6 Å². The minimum absolute atomic E-state index is 0.0405. The van der Waals surface area contributed by atoms with Crippen LogP contribution in [0.4, 0.5) is 0 Å². The Bertz CT molecular complexity index is 1100. The fourth-order valence-corrected chi connectivity index (χ4v) is 3.46. The van der Waals surface area contributed by atoms with Gasteiger partial charge in [0, 0.05) is 11.8 Å². The van der Waals surface area contributed by atoms with Gasteiger partial charge in [-0.3, -0.25) is 19.7 Å². The molecule has 0 amide bonds. The van der Waals surface area contributed by atoms with Crippen LogP contribution in [-0.4, -0.2) is 39.8 Å². The van der Waals surface area contributed by atoms with Crippen LogP contribution in [0.15, 0.2) is 60.7 Å². The van der Waals surface area contributed by atoms with Gasteiger partial charge in [-0.2, -0.15) is 5.10 Å². The molecule has 0 aliphatic carbocycles. The van der Waals surface area contributed by atoms with Crippen LogP contribution in [-0.2, 0) is 20.7 Å². The largest absolute Gasteiger partial charge is 0.466 e. The van der Waals surface area contributed by atoms with Crippen LogP contribution in [0, 0.1) is 10.1 Å². The van der Waals surface area contributed by atoms with Crippen molar-refractivity contribution in [3.05, 3.63) is 87.6 Å². The number of hydrogen-bond acceptors (Lipinski definition) is 7. The summed E-state index contributed by atoms with van der Waals surface area (Å²) in [6.45, 7) is 2.63. The van der Waals surface area contributed by atoms with E-state index in [0.29, 0.717) is 16.8 Å². The maximum atomic E-state index is 12.3. The van der Waals surface area contributed by atoms with E-state index in [4.69, 9.17) is 9.47 Å². The Hall–Kier alpha value is -4.01. The number of nitro groups is 1. The zero-order valence-corrected chi connectivity index (χ0v) is 17.8. The van der Waals surface area contributed by atoms with Gasteiger partial charge in [0.05, 0.1) is 35.9 Å². The predicted molar refractivity (Wildman–Crippen MR) is 115 cm³/mol. The molecular weight excluding hydrogens is 414 g/mol. The lowest BCUT2D eigenvalue weighted by molar-refractivity contribution is -0.481. The highest BCUT2D eigenvalue weighted by Gasteiger charge is 2.33. The first kappa shape index (κ1) is 22.7. The zero-order chi connectivity index (χ0) is 23.1. The number of carbonyl (C=O) groups is 2. The van der Waals surface area contributed by atoms with Crippen LogP contribution in [0.2, 0.25) is 0 Å². The lowest BCUT2D eigenvalue weighted by Gasteiger charge is -2.16. The van der Waals surface area contributed by atoms with Crippen molar-refractivity contribution in [2.45, 2.75) is 26.2 Å². The summed E-state index contributed by atoms with van der Waals surface area (Å²) >= 11 is 0. The summed E-state index contributed by atoms with van der Waals surface area (Å²) in [6, 6.07) is 17.7. The minimum atomic E-state index is -0.803. The minimum Gasteiger partial charge on any atom is -0.466 e. The second-order valence-electron chi connectivity index (χ2n) is 6.97. The van der Waals surface area contributed by atoms with E-state index in [1.165, 1.54) is 11.6 Å². The molecule has 0 unspecified atom stereocenters. The van der Waals surface area contributed by atoms with Crippen molar-refractivity contribution in [1.29, 1.82) is 0 Å². The van der Waals surface area contributed by atoms with E-state index in [1.807, 2.05) is 6.07 Å². The lowest BCUT2D eigenvalue weighted by atomic mass is 9.90. The van der Waals surface area contributed by atoms with Crippen molar-refractivity contribution in [2.24, 2.45) is 0 Å². The average molecular weight is 437 g/mol. The van der Waals surface area contributed by atoms with E-state index in [2.05, 4.69) is 5.10 Å². The Morgan fingerprint density at radius 3 is 2.28 bits per heavy atom. The van der Waals surface area contributed by atoms with E-state index in [-0.39, 0.29) is 24.6 Å². The van der Waals surface area contributed by atoms with Crippen molar-refractivity contribution in [3.63, 3.8) is 0 Å². The first-order valence-electron chi connectivity index (χ1n) is 10.1. The summed E-state index contributed by atoms with van der Waals surface area (Å²) in [5, 5.41) is 16.1. The highest BCUT2D eigenvalue weighted by atomic mass is 16.6. The van der Waals surface area contributed by atoms with Gasteiger partial charge in [0.25, 0.3) is 0 Å². The summed E-state index contributed by atoms with van der Waals surface area (Å²) in [5.74, 6) is -1.91. The molecule has 1 heterocycles. The molecule has 0 spiro atoms. The molecule has 9 heteroatoms. The molecule has 1 atom stereocenters. The summed E-state index contributed by atoms with van der Waals surface area (Å²) in [4.78, 5) is 35.4. The first-order chi connectivity index (χ1) is 15.4. The number of para-hydroxylation sites is 1. The maximum absolute atomic E-state index is 12.3. The monoisotopic (exact) mass is 437 g/mol. The van der Waals surface area contributed by atoms with Crippen LogP contribution in [0.25, 0.3) is 5.69 Å². The number of nitrogens with zero attached hydrogens (tertiary/aromatic N) is 3. The lowest BCUT2D eigenvalue weighted by Crippen LogP contribution is -2.18. The van der Waals surface area contributed by atoms with Crippen LogP contribution in [0.3, 0.4) is 0 Å². The smallest absolute Gasteiger partial charge is 0.311 e. The Morgan fingerprint density at radius 2 is 1.72 bits per heavy atom. The van der Waals surface area contributed by atoms with Crippen molar-refractivity contribution < 1.29 is 24.0 Å². The van der Waals surface area contributed by atoms with Crippen molar-refractivity contribution in [3.8, 4) is 11.6 Å². The molecule has 3 rings (SSSR count). The quantitative estimate of drug-likeness (QED) is 0.287. The van der Waals surface area contributed by atoms with Gasteiger partial charge in [-0.15, -0.1) is 0 Å². The second-order valence-corrected chi connectivity index (χ2v) is 6.97. The number of benzene rings is 2. The molecule has 0 saturated heterocycles. The molecular formula is C23H23N3O6. The second kappa shape index (κ2) is 10.3. The Labute approximate surface area is 184 Å². The summed E-state index contributed by atoms with van der Waals surface area (Å²) < 4.78 is 12.0. The number of hydrogen-bond donors (Lipinski definition) is 0. The molecule has 1 aromatic heterocycles. The molecule has 0 aliphatic rings. The van der Waals surface area contributed by atoms with E-state index in [9.17, 15) is 19.7 Å². The van der Waals surface area contributed by atoms with Gasteiger partial charge in [0.2, 0.25) is 12.4 Å². The van der Waals surface area contributed by atoms with Gasteiger partial charge in [-0.1, -0.05) is 48.5 Å². The standard InChI is InChI=1S/C23H23N3O6/c1-3-31-21(28)14-20-22(19(15-25(29)30)17-10-6-4-7-11-17)23(32-16(2)27)26(24-20)18-12-8-5-9-13-18/h4-13,19H,3,14-15H2,1-2H3/t19-/m1/s1. The fraction of sp³-hybridized carbons (Fsp3) is 0.261. The van der Waals surface area contributed by atoms with E-state index in [0.717, 1.165) is 0 Å². The Kier molecular flexibility index (Phi) is 7.33. The van der Waals surface area contributed by atoms with Gasteiger partial charge in [0.15, 0.2) is 0 Å². The fourth-order valence-electron chi connectivity index (χ4n) is 3.46. The SMILES string of the molecule is CCOC(=O)Cc1nn(-c2ccccc2)c(OC(C)=O)c1[C@H](C[N+](=O)[O-])c1ccccc1. The zero-order valence-electron chi connectivity index (χ0n) is 17.8. The molecule has 0 saturated carbocycles. The van der Waals surface area contributed by atoms with Gasteiger partial charge >= 0.3 is 11.9 Å². The average Bonchev–Trinajstić information content (AvgIpc) is 3.10. The summed E-state index contributed by atoms with van der Waals surface area (Å²) in [6.07, 6.45) is -0.224. The molecule has 3 aromatic rings. The van der Waals surface area contributed by atoms with Gasteiger partial charge < -0.3 is 9.47 Å². The summed E-state index contributed by atoms with van der Waals surface area (Å²) in [5.41, 5.74) is 1.77. The van der Waals surface area contributed by atoms with Gasteiger partial charge in [0.1, 0.15) is 0 Å². The van der Waals surface area contributed by atoms with Crippen molar-refractivity contribution in [2.75, 3.05) is 13.2 Å². The Balaban J connectivity index is 2.27. The predicted octanol–water partition coefficient (Wildman–Crippen LogP) is 3.31. The molecule has 0 radical (unpaired) electrons. The van der Waals surface area contributed by atoms with Crippen molar-refractivity contribution >= 4 is 11.9 Å². The highest BCUT2D eigenvalue weighted by molar-refractivity contribution is 5.74. The molecule has 0 aliphatic heterocycles. The number of esters is 2. The van der Waals surface area contributed by atoms with Crippen LogP contribution >= 0.6 is 0 Å². The third-order valence-electron chi connectivity index (χ3n) is 4.69. The normalized spacial score (nSPS) is 11.6. The van der Waals surface area contributed by atoms with E-state index in [1.54, 1.807) is 61.5 Å². The highest BCUT2D eigenvalue weighted by Crippen LogP contribution is 2.37. The topological polar surface area (TPSA) is 114 Å². The van der Waals surface area contributed by atoms with Gasteiger partial charge in [-0.25, -0.2) is 4.68 Å². The third kappa shape index (κ3) is 5.37. The van der Waals surface area contributed by atoms with Crippen LogP contribution in [0.5, 0.6) is 5.88 Å². The molecule has 32 heavy (non-hydrogen) atoms. The van der Waals surface area contributed by atoms with Crippen molar-refractivity contribution in [1.82, 2.24) is 9.78 Å². The van der Waals surface area contributed by atoms with Crippen LogP contribution < -0.4 is 4.74 Å². The number of ether oxygens (including phenoxy) is 2. The summed E-state index contributed by atoms with van der Waals surface area (Å²) in [7, 11) is 0. The van der Waals surface area contributed by atoms with E-state index >= 15 is 0 Å². The first-order valence-corrected chi connectivity index (χ1v) is 10.1. The molecule has 0 N–H and O–H groups in total. The molecule has 166 valence electrons.